The molecule has 2 N–H and O–H groups in total. The molecule has 0 aliphatic rings. The van der Waals surface area contributed by atoms with E-state index in [1.54, 1.807) is 36.4 Å². The van der Waals surface area contributed by atoms with Gasteiger partial charge in [-0.25, -0.2) is 0 Å². The van der Waals surface area contributed by atoms with Gasteiger partial charge in [-0.05, 0) is 42.0 Å². The number of nitro groups is 1. The van der Waals surface area contributed by atoms with E-state index in [0.29, 0.717) is 22.0 Å². The minimum atomic E-state index is -0.687. The minimum Gasteiger partial charge on any atom is -0.497 e. The Morgan fingerprint density at radius 1 is 1.00 bits per heavy atom. The van der Waals surface area contributed by atoms with Crippen molar-refractivity contribution in [1.82, 2.24) is 5.32 Å². The monoisotopic (exact) mass is 485 g/mol. The van der Waals surface area contributed by atoms with Crippen LogP contribution in [0.15, 0.2) is 72.4 Å². The van der Waals surface area contributed by atoms with Crippen LogP contribution in [0, 0.1) is 10.1 Å². The van der Waals surface area contributed by atoms with Crippen LogP contribution in [-0.2, 0) is 4.79 Å². The van der Waals surface area contributed by atoms with E-state index in [2.05, 4.69) is 10.6 Å². The van der Waals surface area contributed by atoms with Gasteiger partial charge in [0.05, 0.1) is 33.3 Å². The van der Waals surface area contributed by atoms with Gasteiger partial charge in [0.1, 0.15) is 11.4 Å². The maximum atomic E-state index is 13.0. The highest BCUT2D eigenvalue weighted by atomic mass is 35.5. The summed E-state index contributed by atoms with van der Waals surface area (Å²) in [6, 6.07) is 16.6. The van der Waals surface area contributed by atoms with Crippen molar-refractivity contribution in [3.63, 3.8) is 0 Å². The number of para-hydroxylation sites is 1. The molecule has 2 amide bonds. The number of non-ortho nitro benzene ring substituents is 1. The van der Waals surface area contributed by atoms with E-state index in [9.17, 15) is 19.7 Å². The third-order valence-electron chi connectivity index (χ3n) is 4.43. The zero-order chi connectivity index (χ0) is 24.0. The molecule has 0 radical (unpaired) electrons. The van der Waals surface area contributed by atoms with E-state index in [4.69, 9.17) is 27.9 Å². The fourth-order valence-electron chi connectivity index (χ4n) is 2.80. The van der Waals surface area contributed by atoms with E-state index in [0.717, 1.165) is 0 Å². The summed E-state index contributed by atoms with van der Waals surface area (Å²) in [7, 11) is 1.46. The number of benzene rings is 3. The van der Waals surface area contributed by atoms with Gasteiger partial charge >= 0.3 is 0 Å². The first kappa shape index (κ1) is 23.8. The van der Waals surface area contributed by atoms with Gasteiger partial charge in [0, 0.05) is 12.1 Å². The maximum Gasteiger partial charge on any atom is 0.272 e. The first-order valence-corrected chi connectivity index (χ1v) is 10.2. The molecule has 0 fully saturated rings. The summed E-state index contributed by atoms with van der Waals surface area (Å²) in [4.78, 5) is 36.4. The molecule has 168 valence electrons. The van der Waals surface area contributed by atoms with Gasteiger partial charge in [0.25, 0.3) is 17.5 Å². The fourth-order valence-corrected chi connectivity index (χ4v) is 3.24. The van der Waals surface area contributed by atoms with Crippen LogP contribution in [0.4, 0.5) is 11.4 Å². The van der Waals surface area contributed by atoms with Crippen LogP contribution >= 0.6 is 23.2 Å². The Labute approximate surface area is 198 Å². The van der Waals surface area contributed by atoms with Crippen molar-refractivity contribution in [1.29, 1.82) is 0 Å². The van der Waals surface area contributed by atoms with Gasteiger partial charge in [-0.15, -0.1) is 0 Å². The van der Waals surface area contributed by atoms with Gasteiger partial charge in [-0.1, -0.05) is 47.5 Å². The lowest BCUT2D eigenvalue weighted by Crippen LogP contribution is -2.31. The molecule has 0 heterocycles. The third-order valence-corrected chi connectivity index (χ3v) is 5.07. The Morgan fingerprint density at radius 2 is 1.76 bits per heavy atom. The number of halogens is 2. The van der Waals surface area contributed by atoms with Crippen molar-refractivity contribution < 1.29 is 19.2 Å². The Morgan fingerprint density at radius 3 is 2.42 bits per heavy atom. The van der Waals surface area contributed by atoms with Crippen LogP contribution in [0.5, 0.6) is 5.75 Å². The number of amides is 2. The molecule has 0 atom stereocenters. The molecule has 3 rings (SSSR count). The molecule has 0 saturated carbocycles. The van der Waals surface area contributed by atoms with Crippen LogP contribution < -0.4 is 15.4 Å². The summed E-state index contributed by atoms with van der Waals surface area (Å²) in [5.74, 6) is -0.887. The number of nitro benzene ring substituents is 1. The van der Waals surface area contributed by atoms with Crippen molar-refractivity contribution in [3.8, 4) is 5.75 Å². The molecule has 33 heavy (non-hydrogen) atoms. The van der Waals surface area contributed by atoms with E-state index in [-0.39, 0.29) is 22.0 Å². The SMILES string of the molecule is COc1ccc(C(=O)NC(=Cc2cccc([N+](=O)[O-])c2)C(=O)Nc2ccccc2Cl)c(Cl)c1. The second kappa shape index (κ2) is 10.6. The molecular weight excluding hydrogens is 469 g/mol. The number of carbonyl (C=O) groups excluding carboxylic acids is 2. The number of anilines is 1. The van der Waals surface area contributed by atoms with E-state index in [1.165, 1.54) is 43.5 Å². The van der Waals surface area contributed by atoms with Crippen molar-refractivity contribution in [2.75, 3.05) is 12.4 Å². The second-order valence-electron chi connectivity index (χ2n) is 6.64. The average molecular weight is 486 g/mol. The first-order valence-electron chi connectivity index (χ1n) is 9.45. The molecule has 0 aromatic heterocycles. The van der Waals surface area contributed by atoms with Gasteiger partial charge in [0.15, 0.2) is 0 Å². The maximum absolute atomic E-state index is 13.0. The molecule has 0 saturated heterocycles. The average Bonchev–Trinajstić information content (AvgIpc) is 2.80. The number of ether oxygens (including phenoxy) is 1. The summed E-state index contributed by atoms with van der Waals surface area (Å²) in [5.41, 5.74) is 0.417. The van der Waals surface area contributed by atoms with Crippen molar-refractivity contribution in [2.45, 2.75) is 0 Å². The number of carbonyl (C=O) groups is 2. The Kier molecular flexibility index (Phi) is 7.66. The first-order chi connectivity index (χ1) is 15.8. The predicted molar refractivity (Wildman–Crippen MR) is 127 cm³/mol. The van der Waals surface area contributed by atoms with Crippen LogP contribution in [0.3, 0.4) is 0 Å². The summed E-state index contributed by atoms with van der Waals surface area (Å²) in [6.45, 7) is 0. The molecule has 0 unspecified atom stereocenters. The van der Waals surface area contributed by atoms with E-state index < -0.39 is 16.7 Å². The standard InChI is InChI=1S/C23H17Cl2N3O5/c1-33-16-9-10-17(19(25)13-16)22(29)27-21(12-14-5-4-6-15(11-14)28(31)32)23(30)26-20-8-3-2-7-18(20)24/h2-13H,1H3,(H,26,30)(H,27,29). The smallest absolute Gasteiger partial charge is 0.272 e. The predicted octanol–water partition coefficient (Wildman–Crippen LogP) is 5.32. The van der Waals surface area contributed by atoms with Gasteiger partial charge < -0.3 is 15.4 Å². The molecular formula is C23H17Cl2N3O5. The molecule has 0 aliphatic carbocycles. The lowest BCUT2D eigenvalue weighted by molar-refractivity contribution is -0.384. The lowest BCUT2D eigenvalue weighted by Gasteiger charge is -2.13. The molecule has 0 aliphatic heterocycles. The molecule has 8 nitrogen and oxygen atoms in total. The lowest BCUT2D eigenvalue weighted by atomic mass is 10.1. The largest absolute Gasteiger partial charge is 0.497 e. The van der Waals surface area contributed by atoms with Gasteiger partial charge in [-0.3, -0.25) is 19.7 Å². The molecule has 3 aromatic rings. The van der Waals surface area contributed by atoms with E-state index in [1.807, 2.05) is 0 Å². The Bertz CT molecular complexity index is 1260. The molecule has 3 aromatic carbocycles. The number of hydrogen-bond donors (Lipinski definition) is 2. The van der Waals surface area contributed by atoms with Crippen LogP contribution in [0.1, 0.15) is 15.9 Å². The zero-order valence-electron chi connectivity index (χ0n) is 17.2. The number of nitrogens with one attached hydrogen (secondary N) is 2. The van der Waals surface area contributed by atoms with Crippen molar-refractivity contribution in [2.24, 2.45) is 0 Å². The normalized spacial score (nSPS) is 10.9. The Hall–Kier alpha value is -3.88. The highest BCUT2D eigenvalue weighted by Gasteiger charge is 2.18. The molecule has 0 bridgehead atoms. The summed E-state index contributed by atoms with van der Waals surface area (Å²) < 4.78 is 5.08. The third kappa shape index (κ3) is 6.09. The topological polar surface area (TPSA) is 111 Å². The van der Waals surface area contributed by atoms with Gasteiger partial charge in [-0.2, -0.15) is 0 Å². The van der Waals surface area contributed by atoms with Crippen molar-refractivity contribution >= 4 is 52.5 Å². The van der Waals surface area contributed by atoms with E-state index >= 15 is 0 Å². The Balaban J connectivity index is 1.96. The minimum absolute atomic E-state index is 0.105. The molecule has 10 heteroatoms. The summed E-state index contributed by atoms with van der Waals surface area (Å²) >= 11 is 12.3. The summed E-state index contributed by atoms with van der Waals surface area (Å²) in [6.07, 6.45) is 1.31. The van der Waals surface area contributed by atoms with Crippen LogP contribution in [-0.4, -0.2) is 23.8 Å². The number of rotatable bonds is 7. The summed E-state index contributed by atoms with van der Waals surface area (Å²) in [5, 5.41) is 16.7. The quantitative estimate of drug-likeness (QED) is 0.267. The number of nitrogens with zero attached hydrogens (tertiary/aromatic N) is 1. The second-order valence-corrected chi connectivity index (χ2v) is 7.46. The fraction of sp³-hybridized carbons (Fsp3) is 0.0435. The van der Waals surface area contributed by atoms with Crippen molar-refractivity contribution in [3.05, 3.63) is 104 Å². The highest BCUT2D eigenvalue weighted by molar-refractivity contribution is 6.34. The number of hydrogen-bond acceptors (Lipinski definition) is 5. The molecule has 0 spiro atoms. The number of methoxy groups -OCH3 is 1. The van der Waals surface area contributed by atoms with Crippen LogP contribution in [0.2, 0.25) is 10.0 Å². The highest BCUT2D eigenvalue weighted by Crippen LogP contribution is 2.24. The zero-order valence-corrected chi connectivity index (χ0v) is 18.7. The van der Waals surface area contributed by atoms with Gasteiger partial charge in [0.2, 0.25) is 0 Å². The van der Waals surface area contributed by atoms with Crippen LogP contribution in [0.25, 0.3) is 6.08 Å².